The summed E-state index contributed by atoms with van der Waals surface area (Å²) in [7, 11) is 3.90. The molecule has 0 aliphatic rings. The van der Waals surface area contributed by atoms with Gasteiger partial charge in [0.15, 0.2) is 0 Å². The number of ether oxygens (including phenoxy) is 1. The summed E-state index contributed by atoms with van der Waals surface area (Å²) in [5.41, 5.74) is 1.91. The molecule has 1 rings (SSSR count). The van der Waals surface area contributed by atoms with E-state index in [-0.39, 0.29) is 12.7 Å². The molecule has 0 saturated heterocycles. The Hall–Kier alpha value is -1.99. The Morgan fingerprint density at radius 2 is 2.00 bits per heavy atom. The third kappa shape index (κ3) is 6.49. The molecule has 0 unspecified atom stereocenters. The molecule has 0 saturated carbocycles. The molecule has 0 aromatic heterocycles. The van der Waals surface area contributed by atoms with Crippen molar-refractivity contribution in [1.82, 2.24) is 10.2 Å². The van der Waals surface area contributed by atoms with Gasteiger partial charge in [-0.05, 0) is 38.7 Å². The number of alkyl carbamates (subject to hydrolysis) is 1. The van der Waals surface area contributed by atoms with Gasteiger partial charge in [-0.25, -0.2) is 4.79 Å². The van der Waals surface area contributed by atoms with Crippen LogP contribution in [0.1, 0.15) is 18.1 Å². The summed E-state index contributed by atoms with van der Waals surface area (Å²) in [6, 6.07) is 7.65. The Balaban J connectivity index is 2.31. The predicted octanol–water partition coefficient (Wildman–Crippen LogP) is 1.85. The van der Waals surface area contributed by atoms with Crippen LogP contribution in [0.4, 0.5) is 4.79 Å². The second kappa shape index (κ2) is 8.17. The normalized spacial score (nSPS) is 9.68. The molecule has 4 nitrogen and oxygen atoms in total. The monoisotopic (exact) mass is 260 g/mol. The molecule has 0 aliphatic carbocycles. The zero-order valence-electron chi connectivity index (χ0n) is 11.7. The van der Waals surface area contributed by atoms with Crippen LogP contribution in [0.15, 0.2) is 24.3 Å². The molecule has 0 radical (unpaired) electrons. The van der Waals surface area contributed by atoms with Crippen LogP contribution in [0.3, 0.4) is 0 Å². The van der Waals surface area contributed by atoms with Gasteiger partial charge < -0.3 is 15.0 Å². The van der Waals surface area contributed by atoms with E-state index in [9.17, 15) is 4.79 Å². The van der Waals surface area contributed by atoms with Gasteiger partial charge in [-0.3, -0.25) is 0 Å². The fourth-order valence-electron chi connectivity index (χ4n) is 1.41. The summed E-state index contributed by atoms with van der Waals surface area (Å²) in [6.07, 6.45) is -0.390. The zero-order valence-corrected chi connectivity index (χ0v) is 11.7. The summed E-state index contributed by atoms with van der Waals surface area (Å²) in [6.45, 7) is 3.44. The lowest BCUT2D eigenvalue weighted by molar-refractivity contribution is 0.139. The van der Waals surface area contributed by atoms with Crippen molar-refractivity contribution in [3.05, 3.63) is 35.4 Å². The Kier molecular flexibility index (Phi) is 6.48. The quantitative estimate of drug-likeness (QED) is 0.821. The first-order chi connectivity index (χ1) is 9.11. The molecule has 1 aromatic rings. The van der Waals surface area contributed by atoms with Crippen molar-refractivity contribution in [1.29, 1.82) is 0 Å². The van der Waals surface area contributed by atoms with E-state index < -0.39 is 0 Å². The van der Waals surface area contributed by atoms with Crippen molar-refractivity contribution in [3.63, 3.8) is 0 Å². The maximum Gasteiger partial charge on any atom is 0.407 e. The lowest BCUT2D eigenvalue weighted by Crippen LogP contribution is -2.31. The number of carbonyl (C=O) groups excluding carboxylic acids is 1. The molecule has 4 heteroatoms. The van der Waals surface area contributed by atoms with E-state index in [0.29, 0.717) is 6.54 Å². The minimum absolute atomic E-state index is 0.271. The zero-order chi connectivity index (χ0) is 14.1. The molecule has 0 fully saturated rings. The number of benzene rings is 1. The Labute approximate surface area is 114 Å². The highest BCUT2D eigenvalue weighted by atomic mass is 16.5. The van der Waals surface area contributed by atoms with Crippen LogP contribution in [0.5, 0.6) is 0 Å². The van der Waals surface area contributed by atoms with Crippen molar-refractivity contribution in [3.8, 4) is 11.8 Å². The van der Waals surface area contributed by atoms with E-state index in [4.69, 9.17) is 4.74 Å². The van der Waals surface area contributed by atoms with E-state index in [1.165, 1.54) is 0 Å². The van der Waals surface area contributed by atoms with Crippen LogP contribution in [-0.4, -0.2) is 38.2 Å². The number of rotatable bonds is 5. The SMILES string of the molecule is CC#Cc1ccc(COC(=O)NCCN(C)C)cc1. The van der Waals surface area contributed by atoms with Crippen LogP contribution >= 0.6 is 0 Å². The summed E-state index contributed by atoms with van der Waals surface area (Å²) < 4.78 is 5.11. The molecular formula is C15H20N2O2. The minimum Gasteiger partial charge on any atom is -0.445 e. The van der Waals surface area contributed by atoms with Crippen LogP contribution in [0, 0.1) is 11.8 Å². The Morgan fingerprint density at radius 3 is 2.58 bits per heavy atom. The van der Waals surface area contributed by atoms with E-state index >= 15 is 0 Å². The number of nitrogens with zero attached hydrogens (tertiary/aromatic N) is 1. The van der Waals surface area contributed by atoms with Gasteiger partial charge in [0.25, 0.3) is 0 Å². The highest BCUT2D eigenvalue weighted by Gasteiger charge is 2.02. The Morgan fingerprint density at radius 1 is 1.32 bits per heavy atom. The van der Waals surface area contributed by atoms with Gasteiger partial charge in [0.05, 0.1) is 0 Å². The average Bonchev–Trinajstić information content (AvgIpc) is 2.38. The molecule has 0 aliphatic heterocycles. The van der Waals surface area contributed by atoms with Crippen molar-refractivity contribution in [2.75, 3.05) is 27.2 Å². The van der Waals surface area contributed by atoms with E-state index in [0.717, 1.165) is 17.7 Å². The molecule has 0 bridgehead atoms. The maximum absolute atomic E-state index is 11.4. The fraction of sp³-hybridized carbons (Fsp3) is 0.400. The highest BCUT2D eigenvalue weighted by Crippen LogP contribution is 2.04. The van der Waals surface area contributed by atoms with Crippen LogP contribution < -0.4 is 5.32 Å². The smallest absolute Gasteiger partial charge is 0.407 e. The molecule has 19 heavy (non-hydrogen) atoms. The first-order valence-electron chi connectivity index (χ1n) is 6.19. The molecule has 1 N–H and O–H groups in total. The van der Waals surface area contributed by atoms with E-state index in [1.54, 1.807) is 6.92 Å². The largest absolute Gasteiger partial charge is 0.445 e. The van der Waals surface area contributed by atoms with Gasteiger partial charge in [-0.1, -0.05) is 18.1 Å². The van der Waals surface area contributed by atoms with Gasteiger partial charge in [0.1, 0.15) is 6.61 Å². The number of carbonyl (C=O) groups is 1. The molecule has 102 valence electrons. The molecule has 1 amide bonds. The lowest BCUT2D eigenvalue weighted by Gasteiger charge is -2.10. The molecule has 0 atom stereocenters. The lowest BCUT2D eigenvalue weighted by atomic mass is 10.1. The molecule has 1 aromatic carbocycles. The van der Waals surface area contributed by atoms with Gasteiger partial charge >= 0.3 is 6.09 Å². The van der Waals surface area contributed by atoms with Crippen molar-refractivity contribution in [2.24, 2.45) is 0 Å². The summed E-state index contributed by atoms with van der Waals surface area (Å²) in [4.78, 5) is 13.4. The molecular weight excluding hydrogens is 240 g/mol. The number of hydrogen-bond acceptors (Lipinski definition) is 3. The fourth-order valence-corrected chi connectivity index (χ4v) is 1.41. The van der Waals surface area contributed by atoms with Crippen LogP contribution in [0.25, 0.3) is 0 Å². The third-order valence-electron chi connectivity index (χ3n) is 2.42. The van der Waals surface area contributed by atoms with Crippen molar-refractivity contribution in [2.45, 2.75) is 13.5 Å². The second-order valence-corrected chi connectivity index (χ2v) is 4.38. The molecule has 0 spiro atoms. The number of hydrogen-bond donors (Lipinski definition) is 1. The van der Waals surface area contributed by atoms with Crippen molar-refractivity contribution >= 4 is 6.09 Å². The first kappa shape index (κ1) is 15.1. The van der Waals surface area contributed by atoms with E-state index in [1.807, 2.05) is 43.3 Å². The molecule has 0 heterocycles. The topological polar surface area (TPSA) is 41.6 Å². The maximum atomic E-state index is 11.4. The second-order valence-electron chi connectivity index (χ2n) is 4.38. The Bertz CT molecular complexity index is 455. The van der Waals surface area contributed by atoms with Gasteiger partial charge in [0.2, 0.25) is 0 Å². The standard InChI is InChI=1S/C15H20N2O2/c1-4-5-13-6-8-14(9-7-13)12-19-15(18)16-10-11-17(2)3/h6-9H,10-12H2,1-3H3,(H,16,18). The van der Waals surface area contributed by atoms with Gasteiger partial charge in [0, 0.05) is 18.7 Å². The van der Waals surface area contributed by atoms with Gasteiger partial charge in [-0.15, -0.1) is 5.92 Å². The summed E-state index contributed by atoms with van der Waals surface area (Å²) in [5.74, 6) is 5.80. The minimum atomic E-state index is -0.390. The predicted molar refractivity (Wildman–Crippen MR) is 75.7 cm³/mol. The number of amides is 1. The van der Waals surface area contributed by atoms with Crippen LogP contribution in [0.2, 0.25) is 0 Å². The summed E-state index contributed by atoms with van der Waals surface area (Å²) >= 11 is 0. The van der Waals surface area contributed by atoms with Crippen molar-refractivity contribution < 1.29 is 9.53 Å². The first-order valence-corrected chi connectivity index (χ1v) is 6.19. The highest BCUT2D eigenvalue weighted by molar-refractivity contribution is 5.67. The number of nitrogens with one attached hydrogen (secondary N) is 1. The van der Waals surface area contributed by atoms with E-state index in [2.05, 4.69) is 17.2 Å². The third-order valence-corrected chi connectivity index (χ3v) is 2.42. The summed E-state index contributed by atoms with van der Waals surface area (Å²) in [5, 5.41) is 2.69. The van der Waals surface area contributed by atoms with Crippen LogP contribution in [-0.2, 0) is 11.3 Å². The van der Waals surface area contributed by atoms with Gasteiger partial charge in [-0.2, -0.15) is 0 Å². The average molecular weight is 260 g/mol. The number of likely N-dealkylation sites (N-methyl/N-ethyl adjacent to an activating group) is 1.